The van der Waals surface area contributed by atoms with Gasteiger partial charge in [0, 0.05) is 31.2 Å². The van der Waals surface area contributed by atoms with E-state index in [2.05, 4.69) is 33.4 Å². The number of fused-ring (bicyclic) bond motifs is 1. The van der Waals surface area contributed by atoms with Crippen LogP contribution in [0.3, 0.4) is 0 Å². The number of hydrogen-bond donors (Lipinski definition) is 1. The molecule has 0 saturated heterocycles. The predicted octanol–water partition coefficient (Wildman–Crippen LogP) is 3.05. The van der Waals surface area contributed by atoms with Crippen LogP contribution >= 0.6 is 0 Å². The zero-order chi connectivity index (χ0) is 18.1. The molecule has 0 aliphatic heterocycles. The van der Waals surface area contributed by atoms with Crippen LogP contribution in [0.5, 0.6) is 0 Å². The molecule has 0 radical (unpaired) electrons. The molecule has 0 fully saturated rings. The highest BCUT2D eigenvalue weighted by Gasteiger charge is 2.16. The molecule has 0 amide bonds. The third-order valence-electron chi connectivity index (χ3n) is 4.34. The molecule has 0 aromatic carbocycles. The van der Waals surface area contributed by atoms with Crippen LogP contribution in [-0.2, 0) is 13.6 Å². The molecule has 0 aliphatic rings. The molecule has 7 heteroatoms. The van der Waals surface area contributed by atoms with Crippen molar-refractivity contribution in [1.82, 2.24) is 29.7 Å². The predicted molar refractivity (Wildman–Crippen MR) is 101 cm³/mol. The van der Waals surface area contributed by atoms with E-state index in [1.807, 2.05) is 32.2 Å². The summed E-state index contributed by atoms with van der Waals surface area (Å²) in [5, 5.41) is 8.86. The summed E-state index contributed by atoms with van der Waals surface area (Å²) in [7, 11) is 1.89. The van der Waals surface area contributed by atoms with Gasteiger partial charge in [-0.3, -0.25) is 14.6 Å². The van der Waals surface area contributed by atoms with E-state index in [1.54, 1.807) is 23.3 Å². The second-order valence-corrected chi connectivity index (χ2v) is 6.16. The Bertz CT molecular complexity index is 1070. The summed E-state index contributed by atoms with van der Waals surface area (Å²) in [4.78, 5) is 18.0. The maximum atomic E-state index is 4.76. The fourth-order valence-electron chi connectivity index (χ4n) is 2.97. The van der Waals surface area contributed by atoms with Crippen molar-refractivity contribution in [3.05, 3.63) is 59.8 Å². The molecule has 130 valence electrons. The Balaban J connectivity index is 1.80. The van der Waals surface area contributed by atoms with E-state index >= 15 is 0 Å². The van der Waals surface area contributed by atoms with Gasteiger partial charge >= 0.3 is 0 Å². The van der Waals surface area contributed by atoms with E-state index < -0.39 is 0 Å². The molecule has 4 aromatic heterocycles. The van der Waals surface area contributed by atoms with Gasteiger partial charge in [-0.2, -0.15) is 5.10 Å². The van der Waals surface area contributed by atoms with Crippen LogP contribution in [0.1, 0.15) is 17.0 Å². The van der Waals surface area contributed by atoms with Gasteiger partial charge in [-0.25, -0.2) is 9.97 Å². The van der Waals surface area contributed by atoms with Crippen LogP contribution in [0, 0.1) is 13.8 Å². The maximum absolute atomic E-state index is 4.76. The largest absolute Gasteiger partial charge is 0.364 e. The zero-order valence-electron chi connectivity index (χ0n) is 14.9. The van der Waals surface area contributed by atoms with Crippen molar-refractivity contribution < 1.29 is 0 Å². The molecule has 1 N–H and O–H groups in total. The van der Waals surface area contributed by atoms with Gasteiger partial charge in [-0.15, -0.1) is 0 Å². The van der Waals surface area contributed by atoms with Crippen molar-refractivity contribution in [1.29, 1.82) is 0 Å². The van der Waals surface area contributed by atoms with E-state index in [-0.39, 0.29) is 0 Å². The monoisotopic (exact) mass is 345 g/mol. The number of aryl methyl sites for hydroxylation is 3. The molecular weight excluding hydrogens is 326 g/mol. The van der Waals surface area contributed by atoms with Gasteiger partial charge < -0.3 is 5.32 Å². The first-order chi connectivity index (χ1) is 12.6. The van der Waals surface area contributed by atoms with Crippen molar-refractivity contribution in [3.63, 3.8) is 0 Å². The van der Waals surface area contributed by atoms with Crippen molar-refractivity contribution in [2.45, 2.75) is 20.4 Å². The Morgan fingerprint density at radius 2 is 1.85 bits per heavy atom. The number of nitrogens with one attached hydrogen (secondary N) is 1. The van der Waals surface area contributed by atoms with Crippen LogP contribution in [0.25, 0.3) is 22.4 Å². The minimum atomic E-state index is 0.586. The molecule has 4 rings (SSSR count). The third-order valence-corrected chi connectivity index (χ3v) is 4.34. The summed E-state index contributed by atoms with van der Waals surface area (Å²) < 4.78 is 1.79. The lowest BCUT2D eigenvalue weighted by Gasteiger charge is -2.10. The Morgan fingerprint density at radius 1 is 1.04 bits per heavy atom. The zero-order valence-corrected chi connectivity index (χ0v) is 14.9. The Labute approximate surface area is 151 Å². The molecule has 26 heavy (non-hydrogen) atoms. The van der Waals surface area contributed by atoms with E-state index in [0.29, 0.717) is 12.4 Å². The highest BCUT2D eigenvalue weighted by molar-refractivity contribution is 5.90. The van der Waals surface area contributed by atoms with E-state index in [4.69, 9.17) is 9.97 Å². The minimum Gasteiger partial charge on any atom is -0.364 e. The number of anilines is 1. The van der Waals surface area contributed by atoms with Crippen molar-refractivity contribution >= 4 is 16.9 Å². The number of hydrogen-bond acceptors (Lipinski definition) is 6. The Kier molecular flexibility index (Phi) is 4.04. The molecule has 0 aliphatic carbocycles. The molecule has 4 aromatic rings. The lowest BCUT2D eigenvalue weighted by Crippen LogP contribution is -2.07. The van der Waals surface area contributed by atoms with Gasteiger partial charge in [-0.1, -0.05) is 6.07 Å². The maximum Gasteiger partial charge on any atom is 0.164 e. The quantitative estimate of drug-likeness (QED) is 0.612. The van der Waals surface area contributed by atoms with Crippen LogP contribution in [0.4, 0.5) is 5.82 Å². The molecule has 0 bridgehead atoms. The lowest BCUT2D eigenvalue weighted by molar-refractivity contribution is 0.773. The van der Waals surface area contributed by atoms with E-state index in [1.165, 1.54) is 0 Å². The topological polar surface area (TPSA) is 81.4 Å². The smallest absolute Gasteiger partial charge is 0.164 e. The first-order valence-electron chi connectivity index (χ1n) is 8.39. The Morgan fingerprint density at radius 3 is 2.62 bits per heavy atom. The molecule has 0 spiro atoms. The van der Waals surface area contributed by atoms with Gasteiger partial charge in [0.05, 0.1) is 23.3 Å². The summed E-state index contributed by atoms with van der Waals surface area (Å²) in [6, 6.07) is 7.79. The highest BCUT2D eigenvalue weighted by Crippen LogP contribution is 2.27. The number of nitrogens with zero attached hydrogens (tertiary/aromatic N) is 6. The summed E-state index contributed by atoms with van der Waals surface area (Å²) in [6.45, 7) is 4.61. The van der Waals surface area contributed by atoms with Gasteiger partial charge in [0.2, 0.25) is 0 Å². The molecule has 0 unspecified atom stereocenters. The van der Waals surface area contributed by atoms with E-state index in [9.17, 15) is 0 Å². The number of rotatable bonds is 4. The van der Waals surface area contributed by atoms with Gasteiger partial charge in [0.1, 0.15) is 5.82 Å². The highest BCUT2D eigenvalue weighted by atomic mass is 15.3. The molecular formula is C19H19N7. The van der Waals surface area contributed by atoms with Crippen molar-refractivity contribution in [2.75, 3.05) is 5.32 Å². The fourth-order valence-corrected chi connectivity index (χ4v) is 2.97. The number of aromatic nitrogens is 6. The van der Waals surface area contributed by atoms with Crippen LogP contribution in [-0.4, -0.2) is 29.7 Å². The average molecular weight is 345 g/mol. The van der Waals surface area contributed by atoms with Crippen LogP contribution in [0.2, 0.25) is 0 Å². The number of pyridine rings is 2. The van der Waals surface area contributed by atoms with Crippen LogP contribution < -0.4 is 5.32 Å². The normalized spacial score (nSPS) is 11.0. The van der Waals surface area contributed by atoms with E-state index in [0.717, 1.165) is 39.4 Å². The van der Waals surface area contributed by atoms with Crippen molar-refractivity contribution in [3.8, 4) is 11.4 Å². The SMILES string of the molecule is Cc1cccnc1CNc1nc(-c2ccncc2)nc2c1c(C)nn2C. The third kappa shape index (κ3) is 2.88. The minimum absolute atomic E-state index is 0.586. The summed E-state index contributed by atoms with van der Waals surface area (Å²) in [5.74, 6) is 1.40. The summed E-state index contributed by atoms with van der Waals surface area (Å²) in [6.07, 6.45) is 5.28. The second kappa shape index (κ2) is 6.51. The first kappa shape index (κ1) is 16.1. The van der Waals surface area contributed by atoms with Crippen LogP contribution in [0.15, 0.2) is 42.9 Å². The molecule has 0 atom stereocenters. The molecule has 4 heterocycles. The lowest BCUT2D eigenvalue weighted by atomic mass is 10.2. The van der Waals surface area contributed by atoms with Gasteiger partial charge in [-0.05, 0) is 37.6 Å². The molecule has 0 saturated carbocycles. The average Bonchev–Trinajstić information content (AvgIpc) is 2.95. The summed E-state index contributed by atoms with van der Waals surface area (Å²) >= 11 is 0. The second-order valence-electron chi connectivity index (χ2n) is 6.16. The summed E-state index contributed by atoms with van der Waals surface area (Å²) in [5.41, 5.74) is 4.74. The van der Waals surface area contributed by atoms with Gasteiger partial charge in [0.15, 0.2) is 11.5 Å². The van der Waals surface area contributed by atoms with Gasteiger partial charge in [0.25, 0.3) is 0 Å². The standard InChI is InChI=1S/C19H19N7/c1-12-5-4-8-21-15(12)11-22-18-16-13(2)25-26(3)19(16)24-17(23-18)14-6-9-20-10-7-14/h4-10H,11H2,1-3H3,(H,22,23,24). The first-order valence-corrected chi connectivity index (χ1v) is 8.39. The molecule has 7 nitrogen and oxygen atoms in total. The fraction of sp³-hybridized carbons (Fsp3) is 0.211. The Hall–Kier alpha value is -3.35. The van der Waals surface area contributed by atoms with Crippen molar-refractivity contribution in [2.24, 2.45) is 7.05 Å².